The number of nitriles is 1. The van der Waals surface area contributed by atoms with E-state index in [4.69, 9.17) is 5.26 Å². The third-order valence-electron chi connectivity index (χ3n) is 4.69. The van der Waals surface area contributed by atoms with Crippen LogP contribution < -0.4 is 4.90 Å². The first kappa shape index (κ1) is 13.1. The molecule has 0 aromatic carbocycles. The Kier molecular flexibility index (Phi) is 2.97. The summed E-state index contributed by atoms with van der Waals surface area (Å²) in [5.41, 5.74) is 3.21. The van der Waals surface area contributed by atoms with Crippen LogP contribution in [0.1, 0.15) is 30.5 Å². The molecule has 110 valence electrons. The summed E-state index contributed by atoms with van der Waals surface area (Å²) in [5, 5.41) is 13.2. The number of pyridine rings is 1. The van der Waals surface area contributed by atoms with Gasteiger partial charge in [0.25, 0.3) is 0 Å². The summed E-state index contributed by atoms with van der Waals surface area (Å²) in [4.78, 5) is 6.88. The molecule has 0 unspecified atom stereocenters. The van der Waals surface area contributed by atoms with Gasteiger partial charge in [0.1, 0.15) is 11.9 Å². The molecular formula is C17H17N5. The van der Waals surface area contributed by atoms with E-state index in [2.05, 4.69) is 33.2 Å². The third-order valence-corrected chi connectivity index (χ3v) is 4.69. The van der Waals surface area contributed by atoms with Gasteiger partial charge in [0.2, 0.25) is 0 Å². The van der Waals surface area contributed by atoms with Crippen LogP contribution in [0.25, 0.3) is 5.57 Å². The van der Waals surface area contributed by atoms with Crippen LogP contribution in [0.5, 0.6) is 0 Å². The largest absolute Gasteiger partial charge is 0.347 e. The summed E-state index contributed by atoms with van der Waals surface area (Å²) in [5.74, 6) is 0.979. The predicted molar refractivity (Wildman–Crippen MR) is 84.0 cm³/mol. The van der Waals surface area contributed by atoms with Crippen LogP contribution in [0.2, 0.25) is 0 Å². The topological polar surface area (TPSA) is 57.7 Å². The average molecular weight is 291 g/mol. The Hall–Kier alpha value is -2.61. The van der Waals surface area contributed by atoms with Crippen molar-refractivity contribution in [3.8, 4) is 6.07 Å². The first-order valence-corrected chi connectivity index (χ1v) is 7.60. The molecule has 4 rings (SSSR count). The molecule has 2 aliphatic heterocycles. The van der Waals surface area contributed by atoms with Gasteiger partial charge in [-0.1, -0.05) is 6.08 Å². The van der Waals surface area contributed by atoms with Crippen LogP contribution in [0, 0.1) is 11.3 Å². The number of nitrogens with zero attached hydrogens (tertiary/aromatic N) is 5. The van der Waals surface area contributed by atoms with Gasteiger partial charge in [-0.3, -0.25) is 4.68 Å². The Balaban J connectivity index is 1.66. The number of anilines is 1. The van der Waals surface area contributed by atoms with Gasteiger partial charge in [0.15, 0.2) is 0 Å². The van der Waals surface area contributed by atoms with Gasteiger partial charge in [0.05, 0.1) is 11.3 Å². The molecule has 2 aliphatic rings. The van der Waals surface area contributed by atoms with E-state index in [-0.39, 0.29) is 0 Å². The Bertz CT molecular complexity index is 765. The number of aryl methyl sites for hydroxylation is 1. The summed E-state index contributed by atoms with van der Waals surface area (Å²) in [6.07, 6.45) is 9.25. The molecule has 0 saturated carbocycles. The van der Waals surface area contributed by atoms with E-state index in [1.54, 1.807) is 6.20 Å². The van der Waals surface area contributed by atoms with Gasteiger partial charge in [-0.15, -0.1) is 0 Å². The van der Waals surface area contributed by atoms with Crippen LogP contribution in [0.15, 0.2) is 36.7 Å². The summed E-state index contributed by atoms with van der Waals surface area (Å²) in [7, 11) is 1.99. The minimum absolute atomic E-state index is 0.393. The summed E-state index contributed by atoms with van der Waals surface area (Å²) in [6.45, 7) is 0. The minimum Gasteiger partial charge on any atom is -0.347 e. The second-order valence-corrected chi connectivity index (χ2v) is 5.96. The SMILES string of the molecule is Cn1nccc1C1=C[C@H]2CC[C@@H](C1)N2c1ccc(C#N)cn1. The fourth-order valence-corrected chi connectivity index (χ4v) is 3.67. The summed E-state index contributed by atoms with van der Waals surface area (Å²) < 4.78 is 1.95. The second kappa shape index (κ2) is 4.99. The van der Waals surface area contributed by atoms with E-state index in [0.29, 0.717) is 17.6 Å². The fraction of sp³-hybridized carbons (Fsp3) is 0.353. The van der Waals surface area contributed by atoms with Crippen LogP contribution in [0.3, 0.4) is 0 Å². The van der Waals surface area contributed by atoms with E-state index in [9.17, 15) is 0 Å². The monoisotopic (exact) mass is 291 g/mol. The molecule has 0 aliphatic carbocycles. The molecule has 0 spiro atoms. The molecule has 2 bridgehead atoms. The molecule has 5 nitrogen and oxygen atoms in total. The lowest BCUT2D eigenvalue weighted by molar-refractivity contribution is 0.643. The van der Waals surface area contributed by atoms with Crippen molar-refractivity contribution >= 4 is 11.4 Å². The third kappa shape index (κ3) is 2.00. The van der Waals surface area contributed by atoms with Gasteiger partial charge in [-0.05, 0) is 43.0 Å². The first-order chi connectivity index (χ1) is 10.8. The molecule has 0 N–H and O–H groups in total. The van der Waals surface area contributed by atoms with Crippen LogP contribution in [-0.4, -0.2) is 26.8 Å². The highest BCUT2D eigenvalue weighted by atomic mass is 15.3. The highest BCUT2D eigenvalue weighted by Gasteiger charge is 2.37. The number of aromatic nitrogens is 3. The Labute approximate surface area is 129 Å². The van der Waals surface area contributed by atoms with E-state index in [0.717, 1.165) is 18.7 Å². The Morgan fingerprint density at radius 1 is 1.27 bits per heavy atom. The smallest absolute Gasteiger partial charge is 0.129 e. The molecule has 0 amide bonds. The quantitative estimate of drug-likeness (QED) is 0.853. The maximum absolute atomic E-state index is 8.90. The predicted octanol–water partition coefficient (Wildman–Crippen LogP) is 2.51. The highest BCUT2D eigenvalue weighted by molar-refractivity contribution is 5.69. The van der Waals surface area contributed by atoms with Crippen molar-refractivity contribution in [1.82, 2.24) is 14.8 Å². The fourth-order valence-electron chi connectivity index (χ4n) is 3.67. The number of rotatable bonds is 2. The van der Waals surface area contributed by atoms with E-state index < -0.39 is 0 Å². The molecule has 1 fully saturated rings. The zero-order valence-electron chi connectivity index (χ0n) is 12.5. The van der Waals surface area contributed by atoms with Crippen molar-refractivity contribution < 1.29 is 0 Å². The van der Waals surface area contributed by atoms with Crippen molar-refractivity contribution in [3.63, 3.8) is 0 Å². The van der Waals surface area contributed by atoms with E-state index in [1.807, 2.05) is 30.1 Å². The molecule has 2 aromatic rings. The maximum atomic E-state index is 8.90. The van der Waals surface area contributed by atoms with E-state index in [1.165, 1.54) is 17.7 Å². The van der Waals surface area contributed by atoms with Crippen molar-refractivity contribution in [1.29, 1.82) is 5.26 Å². The number of hydrogen-bond acceptors (Lipinski definition) is 4. The second-order valence-electron chi connectivity index (χ2n) is 5.96. The van der Waals surface area contributed by atoms with Gasteiger partial charge in [-0.25, -0.2) is 4.98 Å². The highest BCUT2D eigenvalue weighted by Crippen LogP contribution is 2.40. The van der Waals surface area contributed by atoms with Crippen molar-refractivity contribution in [2.24, 2.45) is 7.05 Å². The number of fused-ring (bicyclic) bond motifs is 2. The minimum atomic E-state index is 0.393. The van der Waals surface area contributed by atoms with Crippen molar-refractivity contribution in [2.75, 3.05) is 4.90 Å². The van der Waals surface area contributed by atoms with Crippen molar-refractivity contribution in [3.05, 3.63) is 47.9 Å². The van der Waals surface area contributed by atoms with Crippen LogP contribution in [0.4, 0.5) is 5.82 Å². The standard InChI is InChI=1S/C17H17N5/c1-21-16(6-7-20-21)13-8-14-3-4-15(9-13)22(14)17-5-2-12(10-18)11-19-17/h2,5-8,11,14-15H,3-4,9H2,1H3/t14-,15+/m1/s1. The van der Waals surface area contributed by atoms with Crippen molar-refractivity contribution in [2.45, 2.75) is 31.3 Å². The maximum Gasteiger partial charge on any atom is 0.129 e. The molecule has 5 heteroatoms. The normalized spacial score (nSPS) is 23.3. The molecular weight excluding hydrogens is 274 g/mol. The lowest BCUT2D eigenvalue weighted by atomic mass is 9.98. The van der Waals surface area contributed by atoms with Gasteiger partial charge >= 0.3 is 0 Å². The van der Waals surface area contributed by atoms with Gasteiger partial charge < -0.3 is 4.90 Å². The molecule has 4 heterocycles. The molecule has 2 atom stereocenters. The average Bonchev–Trinajstić information content (AvgIpc) is 3.08. The lowest BCUT2D eigenvalue weighted by Gasteiger charge is -2.35. The molecule has 2 aromatic heterocycles. The first-order valence-electron chi connectivity index (χ1n) is 7.60. The van der Waals surface area contributed by atoms with Gasteiger partial charge in [0, 0.05) is 31.5 Å². The molecule has 22 heavy (non-hydrogen) atoms. The Morgan fingerprint density at radius 3 is 2.82 bits per heavy atom. The van der Waals surface area contributed by atoms with Crippen LogP contribution >= 0.6 is 0 Å². The zero-order valence-corrected chi connectivity index (χ0v) is 12.5. The Morgan fingerprint density at radius 2 is 2.18 bits per heavy atom. The number of hydrogen-bond donors (Lipinski definition) is 0. The van der Waals surface area contributed by atoms with Crippen LogP contribution in [-0.2, 0) is 7.05 Å². The molecule has 0 radical (unpaired) electrons. The zero-order chi connectivity index (χ0) is 15.1. The van der Waals surface area contributed by atoms with E-state index >= 15 is 0 Å². The summed E-state index contributed by atoms with van der Waals surface area (Å²) in [6, 6.07) is 8.90. The molecule has 1 saturated heterocycles. The summed E-state index contributed by atoms with van der Waals surface area (Å²) >= 11 is 0. The van der Waals surface area contributed by atoms with Gasteiger partial charge in [-0.2, -0.15) is 10.4 Å². The lowest BCUT2D eigenvalue weighted by Crippen LogP contribution is -2.39.